The second kappa shape index (κ2) is 17.3. The summed E-state index contributed by atoms with van der Waals surface area (Å²) in [5.41, 5.74) is 5.76. The fraction of sp³-hybridized carbons (Fsp3) is 0.488. The van der Waals surface area contributed by atoms with E-state index in [2.05, 4.69) is 30.6 Å². The van der Waals surface area contributed by atoms with Gasteiger partial charge in [-0.05, 0) is 36.8 Å². The van der Waals surface area contributed by atoms with E-state index in [9.17, 15) is 37.5 Å². The van der Waals surface area contributed by atoms with Crippen LogP contribution >= 0.6 is 11.6 Å². The predicted molar refractivity (Wildman–Crippen MR) is 222 cm³/mol. The molecule has 4 aliphatic rings. The average molecular weight is 882 g/mol. The van der Waals surface area contributed by atoms with E-state index in [0.29, 0.717) is 69.1 Å². The summed E-state index contributed by atoms with van der Waals surface area (Å²) in [5.74, 6) is -1.60. The standard InChI is InChI=1S/C41H48ClF3N12O5/c1-52-33(31-22-56(51-36(31)41(43,44)45)34-5-3-29(19-48-34)55-9-6-27(46)21-55)20-49-37(52)38(60)50-28-2-4-30(32(42)16-28)40(62)54-12-10-53(11-13-54)39(61)26-7-14-57(15-8-26,24-35(58)59)23-25-17-47-18-25/h2-5,16,19-20,22,25-27,47H,6-15,17-18,21,23-24,46H2,1H3,(H-,50,58,59,60,62)/p+1/t26?,27-,57?/m0/s1. The van der Waals surface area contributed by atoms with Crippen molar-refractivity contribution in [3.8, 4) is 17.1 Å². The van der Waals surface area contributed by atoms with Crippen LogP contribution in [0.25, 0.3) is 17.1 Å². The number of piperidine rings is 1. The van der Waals surface area contributed by atoms with Crippen molar-refractivity contribution in [2.24, 2.45) is 24.6 Å². The largest absolute Gasteiger partial charge is 0.477 e. The van der Waals surface area contributed by atoms with Crippen LogP contribution < -0.4 is 21.3 Å². The molecule has 0 radical (unpaired) electrons. The monoisotopic (exact) mass is 881 g/mol. The van der Waals surface area contributed by atoms with Crippen LogP contribution in [0, 0.1) is 11.8 Å². The number of nitrogens with one attached hydrogen (secondary N) is 2. The van der Waals surface area contributed by atoms with Crippen molar-refractivity contribution in [2.75, 3.05) is 88.8 Å². The van der Waals surface area contributed by atoms with Gasteiger partial charge in [0.15, 0.2) is 23.9 Å². The molecule has 3 aromatic heterocycles. The first-order valence-corrected chi connectivity index (χ1v) is 21.1. The zero-order valence-electron chi connectivity index (χ0n) is 34.2. The molecule has 3 amide bonds. The summed E-state index contributed by atoms with van der Waals surface area (Å²) < 4.78 is 45.7. The Bertz CT molecular complexity index is 2330. The van der Waals surface area contributed by atoms with E-state index >= 15 is 0 Å². The van der Waals surface area contributed by atoms with Crippen molar-refractivity contribution in [1.29, 1.82) is 0 Å². The number of benzene rings is 1. The lowest BCUT2D eigenvalue weighted by Crippen LogP contribution is -2.62. The van der Waals surface area contributed by atoms with Crippen LogP contribution in [0.1, 0.15) is 45.9 Å². The summed E-state index contributed by atoms with van der Waals surface area (Å²) in [7, 11) is 1.42. The van der Waals surface area contributed by atoms with E-state index in [1.807, 2.05) is 0 Å². The second-order valence-corrected chi connectivity index (χ2v) is 17.2. The molecule has 0 aliphatic carbocycles. The Morgan fingerprint density at radius 2 is 1.71 bits per heavy atom. The number of nitrogens with two attached hydrogens (primary N) is 1. The number of halogens is 4. The van der Waals surface area contributed by atoms with Crippen molar-refractivity contribution in [3.63, 3.8) is 0 Å². The number of hydrogen-bond acceptors (Lipinski definition) is 10. The number of aromatic nitrogens is 5. The van der Waals surface area contributed by atoms with E-state index in [1.54, 1.807) is 28.1 Å². The molecule has 17 nitrogen and oxygen atoms in total. The van der Waals surface area contributed by atoms with E-state index in [0.717, 1.165) is 49.2 Å². The van der Waals surface area contributed by atoms with Gasteiger partial charge < -0.3 is 45.2 Å². The first kappa shape index (κ1) is 43.1. The Balaban J connectivity index is 0.875. The molecule has 1 aromatic carbocycles. The molecular weight excluding hydrogens is 833 g/mol. The number of anilines is 2. The first-order chi connectivity index (χ1) is 29.6. The van der Waals surface area contributed by atoms with Crippen LogP contribution in [0.3, 0.4) is 0 Å². The number of nitrogens with zero attached hydrogens (tertiary/aromatic N) is 9. The number of carbonyl (C=O) groups is 4. The van der Waals surface area contributed by atoms with Gasteiger partial charge in [-0.2, -0.15) is 18.3 Å². The van der Waals surface area contributed by atoms with Gasteiger partial charge in [-0.15, -0.1) is 0 Å². The highest BCUT2D eigenvalue weighted by Gasteiger charge is 2.43. The summed E-state index contributed by atoms with van der Waals surface area (Å²) >= 11 is 6.57. The van der Waals surface area contributed by atoms with Crippen LogP contribution in [0.5, 0.6) is 0 Å². The van der Waals surface area contributed by atoms with Gasteiger partial charge in [0, 0.05) is 102 Å². The fourth-order valence-electron chi connectivity index (χ4n) is 9.07. The Hall–Kier alpha value is -5.57. The summed E-state index contributed by atoms with van der Waals surface area (Å²) in [4.78, 5) is 66.2. The van der Waals surface area contributed by atoms with Crippen molar-refractivity contribution < 1.29 is 41.9 Å². The van der Waals surface area contributed by atoms with E-state index in [4.69, 9.17) is 17.3 Å². The third-order valence-corrected chi connectivity index (χ3v) is 12.9. The maximum atomic E-state index is 14.3. The number of pyridine rings is 1. The van der Waals surface area contributed by atoms with Gasteiger partial charge >= 0.3 is 12.1 Å². The molecule has 4 fully saturated rings. The molecule has 62 heavy (non-hydrogen) atoms. The molecule has 4 saturated heterocycles. The van der Waals surface area contributed by atoms with Gasteiger partial charge in [-0.1, -0.05) is 11.6 Å². The van der Waals surface area contributed by atoms with Gasteiger partial charge in [0.25, 0.3) is 11.8 Å². The Morgan fingerprint density at radius 1 is 0.984 bits per heavy atom. The lowest BCUT2D eigenvalue weighted by Gasteiger charge is -2.46. The number of amides is 3. The highest BCUT2D eigenvalue weighted by Crippen LogP contribution is 2.37. The number of alkyl halides is 3. The number of likely N-dealkylation sites (tertiary alicyclic amines) is 1. The highest BCUT2D eigenvalue weighted by molar-refractivity contribution is 6.34. The van der Waals surface area contributed by atoms with Gasteiger partial charge in [-0.3, -0.25) is 14.4 Å². The number of rotatable bonds is 11. The Morgan fingerprint density at radius 3 is 2.31 bits per heavy atom. The van der Waals surface area contributed by atoms with Crippen molar-refractivity contribution in [1.82, 2.24) is 39.4 Å². The number of carboxylic acid groups (broad SMARTS) is 1. The normalized spacial score (nSPS) is 22.1. The zero-order valence-corrected chi connectivity index (χ0v) is 34.9. The SMILES string of the molecule is Cn1c(-c2cn(-c3ccc(N4CC[C@H](N)C4)cn3)nc2C(F)(F)F)cnc1C(=O)Nc1ccc(C(=O)N2CCN(C(=O)C3CC[N+](CC(=O)O)(CC4CNC4)CC3)CC2)c(Cl)c1. The molecule has 0 saturated carbocycles. The van der Waals surface area contributed by atoms with Gasteiger partial charge in [0.05, 0.1) is 59.6 Å². The Labute approximate surface area is 360 Å². The van der Waals surface area contributed by atoms with E-state index < -0.39 is 23.7 Å². The molecule has 0 spiro atoms. The quantitative estimate of drug-likeness (QED) is 0.162. The fourth-order valence-corrected chi connectivity index (χ4v) is 9.33. The van der Waals surface area contributed by atoms with Crippen molar-refractivity contribution in [3.05, 3.63) is 71.0 Å². The molecule has 0 unspecified atom stereocenters. The highest BCUT2D eigenvalue weighted by atomic mass is 35.5. The third-order valence-electron chi connectivity index (χ3n) is 12.6. The number of carboxylic acids is 1. The van der Waals surface area contributed by atoms with Crippen LogP contribution in [-0.4, -0.2) is 152 Å². The molecule has 8 rings (SSSR count). The summed E-state index contributed by atoms with van der Waals surface area (Å²) in [6, 6.07) is 7.76. The first-order valence-electron chi connectivity index (χ1n) is 20.7. The van der Waals surface area contributed by atoms with Crippen molar-refractivity contribution >= 4 is 46.7 Å². The average Bonchev–Trinajstić information content (AvgIpc) is 3.97. The molecular formula is C41H49ClF3N12O5+. The maximum Gasteiger partial charge on any atom is 0.435 e. The molecule has 5 N–H and O–H groups in total. The number of quaternary nitrogens is 1. The van der Waals surface area contributed by atoms with Crippen LogP contribution in [-0.2, 0) is 22.8 Å². The lowest BCUT2D eigenvalue weighted by atomic mass is 9.90. The summed E-state index contributed by atoms with van der Waals surface area (Å²) in [6.07, 6.45) is 1.18. The smallest absolute Gasteiger partial charge is 0.435 e. The van der Waals surface area contributed by atoms with Gasteiger partial charge in [0.2, 0.25) is 5.91 Å². The predicted octanol–water partition coefficient (Wildman–Crippen LogP) is 2.94. The van der Waals surface area contributed by atoms with Crippen molar-refractivity contribution in [2.45, 2.75) is 31.5 Å². The van der Waals surface area contributed by atoms with E-state index in [1.165, 1.54) is 36.0 Å². The third kappa shape index (κ3) is 9.00. The molecule has 21 heteroatoms. The van der Waals surface area contributed by atoms with Gasteiger partial charge in [0.1, 0.15) is 0 Å². The molecule has 330 valence electrons. The minimum Gasteiger partial charge on any atom is -0.477 e. The number of hydrogen-bond donors (Lipinski definition) is 4. The lowest BCUT2D eigenvalue weighted by molar-refractivity contribution is -0.929. The minimum absolute atomic E-state index is 0.00916. The number of aliphatic carboxylic acids is 1. The number of imidazole rings is 1. The zero-order chi connectivity index (χ0) is 43.9. The molecule has 4 aromatic rings. The molecule has 4 aliphatic heterocycles. The summed E-state index contributed by atoms with van der Waals surface area (Å²) in [6.45, 7) is 6.66. The van der Waals surface area contributed by atoms with Crippen LogP contribution in [0.4, 0.5) is 24.5 Å². The number of piperazine rings is 1. The molecule has 0 bridgehead atoms. The maximum absolute atomic E-state index is 14.3. The summed E-state index contributed by atoms with van der Waals surface area (Å²) in [5, 5.41) is 19.4. The number of carbonyl (C=O) groups excluding carboxylic acids is 3. The van der Waals surface area contributed by atoms with E-state index in [-0.39, 0.29) is 69.5 Å². The minimum atomic E-state index is -4.83. The topological polar surface area (TPSA) is 197 Å². The molecule has 7 heterocycles. The van der Waals surface area contributed by atoms with Crippen LogP contribution in [0.15, 0.2) is 48.9 Å². The molecule has 1 atom stereocenters. The Kier molecular flexibility index (Phi) is 12.0. The second-order valence-electron chi connectivity index (χ2n) is 16.8. The van der Waals surface area contributed by atoms with Crippen LogP contribution in [0.2, 0.25) is 5.02 Å². The van der Waals surface area contributed by atoms with Gasteiger partial charge in [-0.25, -0.2) is 19.4 Å².